The molecule has 0 fully saturated rings. The molecule has 0 bridgehead atoms. The maximum Gasteiger partial charge on any atom is 0.170 e. The van der Waals surface area contributed by atoms with Gasteiger partial charge in [0.2, 0.25) is 0 Å². The fraction of sp³-hybridized carbons (Fsp3) is 0.350. The number of para-hydroxylation sites is 2. The van der Waals surface area contributed by atoms with Crippen molar-refractivity contribution in [2.75, 3.05) is 18.1 Å². The summed E-state index contributed by atoms with van der Waals surface area (Å²) in [6.07, 6.45) is 0. The van der Waals surface area contributed by atoms with Gasteiger partial charge in [-0.25, -0.2) is 0 Å². The standard InChI is InChI=1S/C9H12N2S.C7H9N.2C2H6/c1-7-5-3-4-6-8(7)11-9(12)10-2;1-6-4-2-3-5-7(6)8;2*1-2/h3-6H,1-2H3,(H2,10,11,12);2-5H,8H2,1H3;2*1-2H3. The first kappa shape index (κ1) is 24.2. The molecule has 4 heteroatoms. The zero-order valence-electron chi connectivity index (χ0n) is 16.1. The topological polar surface area (TPSA) is 50.1 Å². The van der Waals surface area contributed by atoms with Crippen molar-refractivity contribution < 1.29 is 0 Å². The number of hydrogen-bond acceptors (Lipinski definition) is 2. The molecule has 0 aromatic heterocycles. The predicted molar refractivity (Wildman–Crippen MR) is 115 cm³/mol. The smallest absolute Gasteiger partial charge is 0.170 e. The predicted octanol–water partition coefficient (Wildman–Crippen LogP) is 5.54. The molecule has 0 heterocycles. The molecule has 4 N–H and O–H groups in total. The minimum atomic E-state index is 0.643. The number of nitrogen functional groups attached to an aromatic ring is 1. The summed E-state index contributed by atoms with van der Waals surface area (Å²) in [5, 5.41) is 6.58. The van der Waals surface area contributed by atoms with Gasteiger partial charge in [-0.2, -0.15) is 0 Å². The van der Waals surface area contributed by atoms with E-state index in [1.54, 1.807) is 7.05 Å². The van der Waals surface area contributed by atoms with E-state index in [2.05, 4.69) is 10.6 Å². The van der Waals surface area contributed by atoms with Gasteiger partial charge in [0.1, 0.15) is 0 Å². The number of thiocarbonyl (C=S) groups is 1. The Labute approximate surface area is 153 Å². The monoisotopic (exact) mass is 347 g/mol. The third kappa shape index (κ3) is 10.6. The minimum Gasteiger partial charge on any atom is -0.399 e. The number of hydrogen-bond donors (Lipinski definition) is 3. The third-order valence-electron chi connectivity index (χ3n) is 2.81. The van der Waals surface area contributed by atoms with E-state index in [9.17, 15) is 0 Å². The lowest BCUT2D eigenvalue weighted by atomic mass is 10.2. The van der Waals surface area contributed by atoms with Gasteiger partial charge < -0.3 is 16.4 Å². The maximum atomic E-state index is 5.52. The van der Waals surface area contributed by atoms with Crippen molar-refractivity contribution in [1.29, 1.82) is 0 Å². The highest BCUT2D eigenvalue weighted by Crippen LogP contribution is 2.12. The van der Waals surface area contributed by atoms with E-state index in [4.69, 9.17) is 18.0 Å². The second kappa shape index (κ2) is 15.8. The molecule has 2 rings (SSSR count). The number of rotatable bonds is 1. The zero-order chi connectivity index (χ0) is 19.0. The Morgan fingerprint density at radius 3 is 1.67 bits per heavy atom. The van der Waals surface area contributed by atoms with Crippen LogP contribution in [0.3, 0.4) is 0 Å². The van der Waals surface area contributed by atoms with Crippen LogP contribution in [0.5, 0.6) is 0 Å². The lowest BCUT2D eigenvalue weighted by Crippen LogP contribution is -2.24. The molecular formula is C20H33N3S. The Bertz CT molecular complexity index is 547. The molecule has 0 saturated heterocycles. The fourth-order valence-electron chi connectivity index (χ4n) is 1.48. The van der Waals surface area contributed by atoms with E-state index in [1.807, 2.05) is 90.1 Å². The first-order valence-electron chi connectivity index (χ1n) is 8.40. The van der Waals surface area contributed by atoms with Crippen LogP contribution in [0.4, 0.5) is 11.4 Å². The van der Waals surface area contributed by atoms with Crippen molar-refractivity contribution in [1.82, 2.24) is 5.32 Å². The van der Waals surface area contributed by atoms with Crippen molar-refractivity contribution in [3.05, 3.63) is 59.7 Å². The van der Waals surface area contributed by atoms with Gasteiger partial charge in [0.25, 0.3) is 0 Å². The van der Waals surface area contributed by atoms with E-state index in [-0.39, 0.29) is 0 Å². The van der Waals surface area contributed by atoms with Crippen molar-refractivity contribution in [2.45, 2.75) is 41.5 Å². The van der Waals surface area contributed by atoms with Crippen molar-refractivity contribution in [2.24, 2.45) is 0 Å². The molecule has 0 aliphatic carbocycles. The number of nitrogens with one attached hydrogen (secondary N) is 2. The van der Waals surface area contributed by atoms with E-state index < -0.39 is 0 Å². The zero-order valence-corrected chi connectivity index (χ0v) is 16.9. The third-order valence-corrected chi connectivity index (χ3v) is 3.11. The average molecular weight is 348 g/mol. The average Bonchev–Trinajstić information content (AvgIpc) is 2.63. The van der Waals surface area contributed by atoms with Gasteiger partial charge in [-0.3, -0.25) is 0 Å². The fourth-order valence-corrected chi connectivity index (χ4v) is 1.59. The summed E-state index contributed by atoms with van der Waals surface area (Å²) in [4.78, 5) is 0. The summed E-state index contributed by atoms with van der Waals surface area (Å²) in [7, 11) is 1.80. The molecule has 0 saturated carbocycles. The van der Waals surface area contributed by atoms with Crippen LogP contribution < -0.4 is 16.4 Å². The quantitative estimate of drug-likeness (QED) is 0.468. The molecule has 0 amide bonds. The normalized spacial score (nSPS) is 8.12. The highest BCUT2D eigenvalue weighted by Gasteiger charge is 1.96. The summed E-state index contributed by atoms with van der Waals surface area (Å²) in [6, 6.07) is 15.8. The van der Waals surface area contributed by atoms with E-state index >= 15 is 0 Å². The summed E-state index contributed by atoms with van der Waals surface area (Å²) in [5.74, 6) is 0. The van der Waals surface area contributed by atoms with Crippen LogP contribution in [0.15, 0.2) is 48.5 Å². The largest absolute Gasteiger partial charge is 0.399 e. The van der Waals surface area contributed by atoms with Crippen molar-refractivity contribution in [3.8, 4) is 0 Å². The summed E-state index contributed by atoms with van der Waals surface area (Å²) < 4.78 is 0. The SMILES string of the molecule is CC.CC.CNC(=S)Nc1ccccc1C.Cc1ccccc1N. The molecule has 3 nitrogen and oxygen atoms in total. The lowest BCUT2D eigenvalue weighted by Gasteiger charge is -2.08. The van der Waals surface area contributed by atoms with E-state index in [1.165, 1.54) is 5.56 Å². The Morgan fingerprint density at radius 2 is 1.29 bits per heavy atom. The molecule has 0 radical (unpaired) electrons. The lowest BCUT2D eigenvalue weighted by molar-refractivity contribution is 1.19. The summed E-state index contributed by atoms with van der Waals surface area (Å²) in [5.41, 5.74) is 9.78. The van der Waals surface area contributed by atoms with Crippen molar-refractivity contribution >= 4 is 28.7 Å². The molecule has 0 spiro atoms. The Kier molecular flexibility index (Phi) is 15.9. The van der Waals surface area contributed by atoms with Crippen LogP contribution >= 0.6 is 12.2 Å². The number of anilines is 2. The minimum absolute atomic E-state index is 0.643. The maximum absolute atomic E-state index is 5.52. The molecule has 0 atom stereocenters. The summed E-state index contributed by atoms with van der Waals surface area (Å²) >= 11 is 4.97. The van der Waals surface area contributed by atoms with Crippen LogP contribution in [0.25, 0.3) is 0 Å². The highest BCUT2D eigenvalue weighted by molar-refractivity contribution is 7.80. The van der Waals surface area contributed by atoms with Crippen molar-refractivity contribution in [3.63, 3.8) is 0 Å². The van der Waals surface area contributed by atoms with Crippen LogP contribution in [0.1, 0.15) is 38.8 Å². The molecule has 0 aliphatic rings. The molecule has 24 heavy (non-hydrogen) atoms. The Hall–Kier alpha value is -2.07. The van der Waals surface area contributed by atoms with Gasteiger partial charge in [-0.15, -0.1) is 0 Å². The summed E-state index contributed by atoms with van der Waals surface area (Å²) in [6.45, 7) is 12.0. The second-order valence-electron chi connectivity index (χ2n) is 4.38. The van der Waals surface area contributed by atoms with Gasteiger partial charge in [-0.1, -0.05) is 64.1 Å². The molecule has 2 aromatic rings. The van der Waals surface area contributed by atoms with Crippen LogP contribution in [-0.2, 0) is 0 Å². The molecule has 0 aliphatic heterocycles. The van der Waals surface area contributed by atoms with Gasteiger partial charge in [-0.05, 0) is 49.3 Å². The van der Waals surface area contributed by atoms with Gasteiger partial charge >= 0.3 is 0 Å². The van der Waals surface area contributed by atoms with Gasteiger partial charge in [0.15, 0.2) is 5.11 Å². The van der Waals surface area contributed by atoms with Crippen LogP contribution in [0.2, 0.25) is 0 Å². The van der Waals surface area contributed by atoms with Crippen LogP contribution in [-0.4, -0.2) is 12.2 Å². The van der Waals surface area contributed by atoms with Gasteiger partial charge in [0.05, 0.1) is 0 Å². The first-order chi connectivity index (χ1) is 11.5. The number of benzene rings is 2. The van der Waals surface area contributed by atoms with Crippen LogP contribution in [0, 0.1) is 13.8 Å². The Balaban J connectivity index is 0. The first-order valence-corrected chi connectivity index (χ1v) is 8.81. The molecule has 0 unspecified atom stereocenters. The van der Waals surface area contributed by atoms with E-state index in [0.717, 1.165) is 16.9 Å². The second-order valence-corrected chi connectivity index (χ2v) is 4.78. The molecular weight excluding hydrogens is 314 g/mol. The van der Waals surface area contributed by atoms with Gasteiger partial charge in [0, 0.05) is 18.4 Å². The Morgan fingerprint density at radius 1 is 0.833 bits per heavy atom. The molecule has 134 valence electrons. The van der Waals surface area contributed by atoms with E-state index in [0.29, 0.717) is 5.11 Å². The number of nitrogens with two attached hydrogens (primary N) is 1. The molecule has 2 aromatic carbocycles. The highest BCUT2D eigenvalue weighted by atomic mass is 32.1. The number of aryl methyl sites for hydroxylation is 2.